The van der Waals surface area contributed by atoms with Crippen LogP contribution in [0.15, 0.2) is 23.3 Å². The van der Waals surface area contributed by atoms with Crippen LogP contribution in [-0.4, -0.2) is 97.7 Å². The molecule has 184 valence electrons. The van der Waals surface area contributed by atoms with Gasteiger partial charge >= 0.3 is 12.1 Å². The second-order valence-corrected chi connectivity index (χ2v) is 10.3. The first-order chi connectivity index (χ1) is 16.0. The fourth-order valence-corrected chi connectivity index (χ4v) is 6.15. The van der Waals surface area contributed by atoms with E-state index in [-0.39, 0.29) is 17.5 Å². The highest BCUT2D eigenvalue weighted by Crippen LogP contribution is 2.47. The number of urea groups is 1. The van der Waals surface area contributed by atoms with Crippen LogP contribution in [0.25, 0.3) is 0 Å². The molecule has 0 bridgehead atoms. The lowest BCUT2D eigenvalue weighted by molar-refractivity contribution is 0.0610. The molecule has 7 heteroatoms. The number of piperidine rings is 2. The summed E-state index contributed by atoms with van der Waals surface area (Å²) in [6.45, 7) is 11.7. The molecular formula is C26H42N4O3. The van der Waals surface area contributed by atoms with Crippen molar-refractivity contribution in [2.45, 2.75) is 52.4 Å². The third-order valence-corrected chi connectivity index (χ3v) is 8.27. The van der Waals surface area contributed by atoms with Gasteiger partial charge in [0, 0.05) is 51.7 Å². The Bertz CT molecular complexity index is 776. The van der Waals surface area contributed by atoms with E-state index in [4.69, 9.17) is 4.74 Å². The van der Waals surface area contributed by atoms with E-state index >= 15 is 0 Å². The predicted molar refractivity (Wildman–Crippen MR) is 130 cm³/mol. The summed E-state index contributed by atoms with van der Waals surface area (Å²) in [7, 11) is 1.91. The zero-order valence-electron chi connectivity index (χ0n) is 20.9. The van der Waals surface area contributed by atoms with E-state index in [0.29, 0.717) is 12.5 Å². The highest BCUT2D eigenvalue weighted by Gasteiger charge is 2.44. The van der Waals surface area contributed by atoms with Crippen LogP contribution in [-0.2, 0) is 4.74 Å². The highest BCUT2D eigenvalue weighted by molar-refractivity contribution is 5.75. The Kier molecular flexibility index (Phi) is 7.67. The lowest BCUT2D eigenvalue weighted by atomic mass is 9.66. The number of likely N-dealkylation sites (tertiary alicyclic amines) is 2. The Morgan fingerprint density at radius 1 is 1.12 bits per heavy atom. The maximum absolute atomic E-state index is 13.0. The number of nitrogens with zero attached hydrogens (tertiary/aromatic N) is 4. The van der Waals surface area contributed by atoms with Gasteiger partial charge in [-0.25, -0.2) is 9.59 Å². The molecule has 1 spiro atoms. The molecule has 0 aromatic carbocycles. The van der Waals surface area contributed by atoms with Crippen LogP contribution in [0.5, 0.6) is 0 Å². The van der Waals surface area contributed by atoms with Crippen LogP contribution in [0, 0.1) is 11.3 Å². The molecule has 2 fully saturated rings. The number of hydrogen-bond acceptors (Lipinski definition) is 4. The van der Waals surface area contributed by atoms with Crippen molar-refractivity contribution in [2.24, 2.45) is 11.3 Å². The van der Waals surface area contributed by atoms with Crippen LogP contribution < -0.4 is 0 Å². The van der Waals surface area contributed by atoms with Crippen molar-refractivity contribution in [3.63, 3.8) is 0 Å². The predicted octanol–water partition coefficient (Wildman–Crippen LogP) is 3.97. The van der Waals surface area contributed by atoms with E-state index in [9.17, 15) is 9.59 Å². The Morgan fingerprint density at radius 3 is 2.52 bits per heavy atom. The zero-order chi connectivity index (χ0) is 23.4. The van der Waals surface area contributed by atoms with E-state index in [1.807, 2.05) is 30.7 Å². The monoisotopic (exact) mass is 458 g/mol. The van der Waals surface area contributed by atoms with Gasteiger partial charge in [-0.2, -0.15) is 0 Å². The summed E-state index contributed by atoms with van der Waals surface area (Å²) in [5.74, 6) is 0.650. The van der Waals surface area contributed by atoms with Crippen molar-refractivity contribution in [2.75, 3.05) is 66.0 Å². The number of allylic oxidation sites excluding steroid dienone is 2. The average molecular weight is 459 g/mol. The SMILES string of the molecule is CCOC(=O)N1CCC(CN2CCC3(CC2)CN(C(=O)N(C)CC)CC2=C3C=CCC2)CC1. The summed E-state index contributed by atoms with van der Waals surface area (Å²) in [6, 6.07) is 0.175. The maximum Gasteiger partial charge on any atom is 0.409 e. The van der Waals surface area contributed by atoms with Gasteiger partial charge in [-0.3, -0.25) is 0 Å². The zero-order valence-corrected chi connectivity index (χ0v) is 20.9. The molecule has 0 atom stereocenters. The molecule has 0 N–H and O–H groups in total. The first-order valence-electron chi connectivity index (χ1n) is 13.0. The fraction of sp³-hybridized carbons (Fsp3) is 0.769. The molecule has 0 aromatic rings. The molecule has 3 heterocycles. The number of fused-ring (bicyclic) bond motifs is 1. The molecule has 0 unspecified atom stereocenters. The molecule has 0 radical (unpaired) electrons. The summed E-state index contributed by atoms with van der Waals surface area (Å²) in [4.78, 5) is 33.4. The Hall–Kier alpha value is -2.02. The van der Waals surface area contributed by atoms with Gasteiger partial charge in [0.15, 0.2) is 0 Å². The van der Waals surface area contributed by atoms with Crippen LogP contribution in [0.3, 0.4) is 0 Å². The van der Waals surface area contributed by atoms with Gasteiger partial charge in [0.05, 0.1) is 6.61 Å². The first-order valence-corrected chi connectivity index (χ1v) is 13.0. The molecule has 0 aromatic heterocycles. The van der Waals surface area contributed by atoms with Gasteiger partial charge in [-0.1, -0.05) is 12.2 Å². The van der Waals surface area contributed by atoms with E-state index in [1.165, 1.54) is 5.57 Å². The van der Waals surface area contributed by atoms with Crippen LogP contribution in [0.2, 0.25) is 0 Å². The summed E-state index contributed by atoms with van der Waals surface area (Å²) < 4.78 is 5.16. The largest absolute Gasteiger partial charge is 0.450 e. The lowest BCUT2D eigenvalue weighted by Crippen LogP contribution is -2.55. The van der Waals surface area contributed by atoms with Crippen molar-refractivity contribution in [3.8, 4) is 0 Å². The molecule has 7 nitrogen and oxygen atoms in total. The first kappa shape index (κ1) is 24.1. The van der Waals surface area contributed by atoms with Gasteiger partial charge in [-0.05, 0) is 82.5 Å². The quantitative estimate of drug-likeness (QED) is 0.640. The van der Waals surface area contributed by atoms with E-state index < -0.39 is 0 Å². The van der Waals surface area contributed by atoms with Gasteiger partial charge in [-0.15, -0.1) is 0 Å². The second kappa shape index (κ2) is 10.5. The molecule has 1 aliphatic carbocycles. The summed E-state index contributed by atoms with van der Waals surface area (Å²) in [5, 5.41) is 0. The Morgan fingerprint density at radius 2 is 1.85 bits per heavy atom. The van der Waals surface area contributed by atoms with Crippen LogP contribution >= 0.6 is 0 Å². The summed E-state index contributed by atoms with van der Waals surface area (Å²) in [5.41, 5.74) is 3.14. The second-order valence-electron chi connectivity index (χ2n) is 10.3. The number of hydrogen-bond donors (Lipinski definition) is 0. The molecular weight excluding hydrogens is 416 g/mol. The van der Waals surface area contributed by atoms with E-state index in [1.54, 1.807) is 5.57 Å². The third kappa shape index (κ3) is 5.23. The number of carbonyl (C=O) groups is 2. The van der Waals surface area contributed by atoms with Crippen molar-refractivity contribution in [1.29, 1.82) is 0 Å². The van der Waals surface area contributed by atoms with Gasteiger partial charge in [0.25, 0.3) is 0 Å². The molecule has 3 amide bonds. The number of amides is 3. The average Bonchev–Trinajstić information content (AvgIpc) is 2.85. The van der Waals surface area contributed by atoms with Crippen molar-refractivity contribution in [3.05, 3.63) is 23.3 Å². The minimum atomic E-state index is -0.161. The van der Waals surface area contributed by atoms with E-state index in [0.717, 1.165) is 90.9 Å². The minimum Gasteiger partial charge on any atom is -0.450 e. The molecule has 4 rings (SSSR count). The third-order valence-electron chi connectivity index (χ3n) is 8.27. The fourth-order valence-electron chi connectivity index (χ4n) is 6.15. The minimum absolute atomic E-state index is 0.110. The number of carbonyl (C=O) groups excluding carboxylic acids is 2. The van der Waals surface area contributed by atoms with E-state index in [2.05, 4.69) is 22.0 Å². The van der Waals surface area contributed by atoms with Gasteiger partial charge < -0.3 is 24.3 Å². The molecule has 33 heavy (non-hydrogen) atoms. The van der Waals surface area contributed by atoms with Crippen LogP contribution in [0.1, 0.15) is 52.4 Å². The van der Waals surface area contributed by atoms with Crippen molar-refractivity contribution >= 4 is 12.1 Å². The highest BCUT2D eigenvalue weighted by atomic mass is 16.6. The Labute approximate surface area is 199 Å². The topological polar surface area (TPSA) is 56.3 Å². The molecule has 2 saturated heterocycles. The van der Waals surface area contributed by atoms with Crippen molar-refractivity contribution < 1.29 is 14.3 Å². The van der Waals surface area contributed by atoms with Crippen LogP contribution in [0.4, 0.5) is 9.59 Å². The van der Waals surface area contributed by atoms with Gasteiger partial charge in [0.1, 0.15) is 0 Å². The molecule has 0 saturated carbocycles. The Balaban J connectivity index is 1.35. The molecule has 4 aliphatic rings. The van der Waals surface area contributed by atoms with Crippen molar-refractivity contribution in [1.82, 2.24) is 19.6 Å². The number of ether oxygens (including phenoxy) is 1. The maximum atomic E-state index is 13.0. The lowest BCUT2D eigenvalue weighted by Gasteiger charge is -2.50. The number of rotatable bonds is 4. The molecule has 3 aliphatic heterocycles. The summed E-state index contributed by atoms with van der Waals surface area (Å²) >= 11 is 0. The summed E-state index contributed by atoms with van der Waals surface area (Å²) in [6.07, 6.45) is 11.1. The van der Waals surface area contributed by atoms with Gasteiger partial charge in [0.2, 0.25) is 0 Å². The normalized spacial score (nSPS) is 23.6. The standard InChI is InChI=1S/C26H42N4O3/c1-4-27(3)24(31)30-19-22-8-6-7-9-23(22)26(20-30)12-16-28(17-13-26)18-21-10-14-29(15-11-21)25(32)33-5-2/h7,9,21H,4-6,8,10-20H2,1-3H3. The smallest absolute Gasteiger partial charge is 0.409 e.